The molecule has 0 bridgehead atoms. The Kier molecular flexibility index (Phi) is 4.45. The van der Waals surface area contributed by atoms with Crippen molar-refractivity contribution in [3.8, 4) is 0 Å². The predicted octanol–water partition coefficient (Wildman–Crippen LogP) is 3.34. The highest BCUT2D eigenvalue weighted by atomic mass is 35.5. The van der Waals surface area contributed by atoms with Gasteiger partial charge in [-0.2, -0.15) is 5.10 Å². The first-order chi connectivity index (χ1) is 9.52. The average Bonchev–Trinajstić information content (AvgIpc) is 2.75. The Bertz CT molecular complexity index is 602. The van der Waals surface area contributed by atoms with Gasteiger partial charge in [-0.25, -0.2) is 0 Å². The Morgan fingerprint density at radius 3 is 2.70 bits per heavy atom. The fourth-order valence-electron chi connectivity index (χ4n) is 2.21. The molecule has 5 heteroatoms. The van der Waals surface area contributed by atoms with Crippen LogP contribution in [-0.4, -0.2) is 27.5 Å². The molecule has 20 heavy (non-hydrogen) atoms. The van der Waals surface area contributed by atoms with Gasteiger partial charge >= 0.3 is 0 Å². The normalized spacial score (nSPS) is 10.6. The molecule has 0 fully saturated rings. The van der Waals surface area contributed by atoms with Crippen molar-refractivity contribution in [2.45, 2.75) is 27.3 Å². The standard InChI is InChI=1S/C15H18ClN3O/c1-4-19(9-12-6-5-7-13(16)8-12)15(20)14-10(2)17-18-11(14)3/h5-8H,4,9H2,1-3H3,(H,17,18). The fourth-order valence-corrected chi connectivity index (χ4v) is 2.42. The van der Waals surface area contributed by atoms with E-state index in [2.05, 4.69) is 10.2 Å². The largest absolute Gasteiger partial charge is 0.334 e. The number of nitrogens with one attached hydrogen (secondary N) is 1. The highest BCUT2D eigenvalue weighted by Gasteiger charge is 2.20. The molecule has 1 N–H and O–H groups in total. The maximum atomic E-state index is 12.6. The summed E-state index contributed by atoms with van der Waals surface area (Å²) in [5.41, 5.74) is 3.22. The van der Waals surface area contributed by atoms with Crippen LogP contribution in [0.2, 0.25) is 5.02 Å². The zero-order chi connectivity index (χ0) is 14.7. The summed E-state index contributed by atoms with van der Waals surface area (Å²) in [6.07, 6.45) is 0. The van der Waals surface area contributed by atoms with Crippen molar-refractivity contribution in [3.05, 3.63) is 51.8 Å². The molecule has 4 nitrogen and oxygen atoms in total. The third-order valence-corrected chi connectivity index (χ3v) is 3.51. The van der Waals surface area contributed by atoms with Crippen LogP contribution >= 0.6 is 11.6 Å². The summed E-state index contributed by atoms with van der Waals surface area (Å²) < 4.78 is 0. The van der Waals surface area contributed by atoms with Gasteiger partial charge in [0.1, 0.15) is 0 Å². The predicted molar refractivity (Wildman–Crippen MR) is 79.9 cm³/mol. The molecule has 0 aliphatic rings. The number of nitrogens with zero attached hydrogens (tertiary/aromatic N) is 2. The minimum atomic E-state index is -0.00349. The number of carbonyl (C=O) groups is 1. The minimum absolute atomic E-state index is 0.00349. The summed E-state index contributed by atoms with van der Waals surface area (Å²) in [5, 5.41) is 7.61. The molecule has 0 aliphatic heterocycles. The molecular weight excluding hydrogens is 274 g/mol. The number of halogens is 1. The number of H-pyrrole nitrogens is 1. The van der Waals surface area contributed by atoms with Crippen LogP contribution in [0.4, 0.5) is 0 Å². The molecule has 0 unspecified atom stereocenters. The van der Waals surface area contributed by atoms with E-state index in [4.69, 9.17) is 11.6 Å². The van der Waals surface area contributed by atoms with Crippen molar-refractivity contribution in [3.63, 3.8) is 0 Å². The van der Waals surface area contributed by atoms with E-state index in [1.807, 2.05) is 45.0 Å². The van der Waals surface area contributed by atoms with Crippen LogP contribution < -0.4 is 0 Å². The number of amides is 1. The number of aromatic amines is 1. The van der Waals surface area contributed by atoms with Crippen LogP contribution in [0, 0.1) is 13.8 Å². The first-order valence-corrected chi connectivity index (χ1v) is 6.96. The molecule has 1 aromatic carbocycles. The van der Waals surface area contributed by atoms with Crippen LogP contribution in [0.25, 0.3) is 0 Å². The van der Waals surface area contributed by atoms with Crippen LogP contribution in [0.5, 0.6) is 0 Å². The van der Waals surface area contributed by atoms with Gasteiger partial charge in [0.15, 0.2) is 0 Å². The monoisotopic (exact) mass is 291 g/mol. The van der Waals surface area contributed by atoms with Crippen LogP contribution in [0.1, 0.15) is 34.2 Å². The lowest BCUT2D eigenvalue weighted by molar-refractivity contribution is 0.0751. The second-order valence-corrected chi connectivity index (χ2v) is 5.19. The molecule has 0 saturated heterocycles. The van der Waals surface area contributed by atoms with Gasteiger partial charge in [0.05, 0.1) is 11.3 Å². The van der Waals surface area contributed by atoms with Crippen molar-refractivity contribution in [2.24, 2.45) is 0 Å². The molecule has 106 valence electrons. The van der Waals surface area contributed by atoms with Crippen molar-refractivity contribution in [1.29, 1.82) is 0 Å². The van der Waals surface area contributed by atoms with E-state index in [0.717, 1.165) is 17.0 Å². The van der Waals surface area contributed by atoms with Crippen molar-refractivity contribution in [2.75, 3.05) is 6.54 Å². The Balaban J connectivity index is 2.22. The quantitative estimate of drug-likeness (QED) is 0.939. The van der Waals surface area contributed by atoms with Crippen molar-refractivity contribution >= 4 is 17.5 Å². The molecule has 2 rings (SSSR count). The number of hydrogen-bond donors (Lipinski definition) is 1. The molecule has 0 radical (unpaired) electrons. The van der Waals surface area contributed by atoms with Gasteiger partial charge in [0, 0.05) is 23.8 Å². The van der Waals surface area contributed by atoms with Gasteiger partial charge in [0.25, 0.3) is 5.91 Å². The average molecular weight is 292 g/mol. The molecule has 0 saturated carbocycles. The number of benzene rings is 1. The second-order valence-electron chi connectivity index (χ2n) is 4.76. The summed E-state index contributed by atoms with van der Waals surface area (Å²) in [5.74, 6) is -0.00349. The molecule has 1 amide bonds. The molecule has 0 spiro atoms. The van der Waals surface area contributed by atoms with Crippen LogP contribution in [-0.2, 0) is 6.54 Å². The van der Waals surface area contributed by atoms with Gasteiger partial charge in [-0.15, -0.1) is 0 Å². The lowest BCUT2D eigenvalue weighted by Crippen LogP contribution is -2.31. The zero-order valence-corrected chi connectivity index (χ0v) is 12.7. The maximum Gasteiger partial charge on any atom is 0.257 e. The third kappa shape index (κ3) is 3.02. The summed E-state index contributed by atoms with van der Waals surface area (Å²) in [6, 6.07) is 7.57. The van der Waals surface area contributed by atoms with Gasteiger partial charge in [-0.05, 0) is 38.5 Å². The highest BCUT2D eigenvalue weighted by molar-refractivity contribution is 6.30. The van der Waals surface area contributed by atoms with E-state index in [1.165, 1.54) is 0 Å². The molecule has 1 aromatic heterocycles. The summed E-state index contributed by atoms with van der Waals surface area (Å²) >= 11 is 5.98. The van der Waals surface area contributed by atoms with E-state index >= 15 is 0 Å². The molecule has 0 atom stereocenters. The number of hydrogen-bond acceptors (Lipinski definition) is 2. The topological polar surface area (TPSA) is 49.0 Å². The Morgan fingerprint density at radius 2 is 2.15 bits per heavy atom. The minimum Gasteiger partial charge on any atom is -0.334 e. The summed E-state index contributed by atoms with van der Waals surface area (Å²) in [4.78, 5) is 14.4. The highest BCUT2D eigenvalue weighted by Crippen LogP contribution is 2.17. The molecular formula is C15H18ClN3O. The maximum absolute atomic E-state index is 12.6. The Labute approximate surface area is 123 Å². The van der Waals surface area contributed by atoms with Gasteiger partial charge < -0.3 is 4.90 Å². The summed E-state index contributed by atoms with van der Waals surface area (Å²) in [6.45, 7) is 6.84. The first-order valence-electron chi connectivity index (χ1n) is 6.58. The fraction of sp³-hybridized carbons (Fsp3) is 0.333. The van der Waals surface area contributed by atoms with E-state index in [0.29, 0.717) is 23.7 Å². The number of rotatable bonds is 4. The van der Waals surface area contributed by atoms with Gasteiger partial charge in [0.2, 0.25) is 0 Å². The first kappa shape index (κ1) is 14.6. The van der Waals surface area contributed by atoms with Gasteiger partial charge in [-0.3, -0.25) is 9.89 Å². The lowest BCUT2D eigenvalue weighted by Gasteiger charge is -2.21. The number of aryl methyl sites for hydroxylation is 2. The second kappa shape index (κ2) is 6.09. The molecule has 0 aliphatic carbocycles. The van der Waals surface area contributed by atoms with E-state index in [1.54, 1.807) is 4.90 Å². The van der Waals surface area contributed by atoms with Crippen LogP contribution in [0.3, 0.4) is 0 Å². The van der Waals surface area contributed by atoms with E-state index in [9.17, 15) is 4.79 Å². The Hall–Kier alpha value is -1.81. The smallest absolute Gasteiger partial charge is 0.257 e. The SMILES string of the molecule is CCN(Cc1cccc(Cl)c1)C(=O)c1c(C)n[nH]c1C. The van der Waals surface area contributed by atoms with E-state index < -0.39 is 0 Å². The summed E-state index contributed by atoms with van der Waals surface area (Å²) in [7, 11) is 0. The lowest BCUT2D eigenvalue weighted by atomic mass is 10.1. The molecule has 2 aromatic rings. The number of aromatic nitrogens is 2. The Morgan fingerprint density at radius 1 is 1.40 bits per heavy atom. The van der Waals surface area contributed by atoms with Gasteiger partial charge in [-0.1, -0.05) is 23.7 Å². The number of carbonyl (C=O) groups excluding carboxylic acids is 1. The van der Waals surface area contributed by atoms with Crippen LogP contribution in [0.15, 0.2) is 24.3 Å². The van der Waals surface area contributed by atoms with Crippen molar-refractivity contribution in [1.82, 2.24) is 15.1 Å². The molecule has 1 heterocycles. The van der Waals surface area contributed by atoms with E-state index in [-0.39, 0.29) is 5.91 Å². The van der Waals surface area contributed by atoms with Crippen molar-refractivity contribution < 1.29 is 4.79 Å². The third-order valence-electron chi connectivity index (χ3n) is 3.27. The zero-order valence-electron chi connectivity index (χ0n) is 11.9.